The average Bonchev–Trinajstić information content (AvgIpc) is 2.86. The molecule has 0 spiro atoms. The van der Waals surface area contributed by atoms with Crippen molar-refractivity contribution in [3.63, 3.8) is 0 Å². The van der Waals surface area contributed by atoms with E-state index in [1.165, 1.54) is 5.56 Å². The van der Waals surface area contributed by atoms with Gasteiger partial charge in [-0.3, -0.25) is 0 Å². The lowest BCUT2D eigenvalue weighted by Gasteiger charge is -2.34. The quantitative estimate of drug-likeness (QED) is 0.438. The molecule has 1 heterocycles. The van der Waals surface area contributed by atoms with Crippen LogP contribution in [0.5, 0.6) is 28.7 Å². The second-order valence-corrected chi connectivity index (χ2v) is 7.94. The minimum atomic E-state index is -0.0499. The van der Waals surface area contributed by atoms with Gasteiger partial charge in [-0.25, -0.2) is 0 Å². The standard InChI is InChI=1S/C27H30O5/c1-28-21-11-6-18(7-12-21)5-8-20-15-24(19-9-13-22(29-2)14-10-19)32-26-17-23(30-3)16-25(31-4)27(20)26/h6-7,9-14,16-17,20,24H,5,8,15H2,1-4H3. The third-order valence-corrected chi connectivity index (χ3v) is 6.14. The largest absolute Gasteiger partial charge is 0.497 e. The van der Waals surface area contributed by atoms with Crippen LogP contribution >= 0.6 is 0 Å². The van der Waals surface area contributed by atoms with Crippen molar-refractivity contribution in [3.8, 4) is 28.7 Å². The number of methoxy groups -OCH3 is 4. The molecule has 0 bridgehead atoms. The maximum absolute atomic E-state index is 6.47. The number of benzene rings is 3. The van der Waals surface area contributed by atoms with E-state index < -0.39 is 0 Å². The lowest BCUT2D eigenvalue weighted by Crippen LogP contribution is -2.20. The number of fused-ring (bicyclic) bond motifs is 1. The Morgan fingerprint density at radius 2 is 1.38 bits per heavy atom. The van der Waals surface area contributed by atoms with Crippen molar-refractivity contribution in [1.29, 1.82) is 0 Å². The minimum Gasteiger partial charge on any atom is -0.497 e. The summed E-state index contributed by atoms with van der Waals surface area (Å²) < 4.78 is 28.3. The van der Waals surface area contributed by atoms with Gasteiger partial charge in [-0.15, -0.1) is 0 Å². The molecule has 0 aromatic heterocycles. The van der Waals surface area contributed by atoms with E-state index in [-0.39, 0.29) is 12.0 Å². The van der Waals surface area contributed by atoms with Gasteiger partial charge in [0.25, 0.3) is 0 Å². The predicted octanol–water partition coefficient (Wildman–Crippen LogP) is 5.96. The molecule has 1 aliphatic heterocycles. The zero-order valence-corrected chi connectivity index (χ0v) is 19.1. The lowest BCUT2D eigenvalue weighted by molar-refractivity contribution is 0.154. The van der Waals surface area contributed by atoms with Crippen molar-refractivity contribution >= 4 is 0 Å². The highest BCUT2D eigenvalue weighted by molar-refractivity contribution is 5.54. The van der Waals surface area contributed by atoms with Crippen LogP contribution in [0.1, 0.15) is 41.6 Å². The Bertz CT molecular complexity index is 1030. The first kappa shape index (κ1) is 21.9. The van der Waals surface area contributed by atoms with Crippen LogP contribution in [0, 0.1) is 0 Å². The Morgan fingerprint density at radius 3 is 1.97 bits per heavy atom. The molecular formula is C27H30O5. The van der Waals surface area contributed by atoms with Crippen molar-refractivity contribution in [2.45, 2.75) is 31.3 Å². The molecule has 2 unspecified atom stereocenters. The molecule has 0 fully saturated rings. The van der Waals surface area contributed by atoms with Crippen LogP contribution in [-0.4, -0.2) is 28.4 Å². The highest BCUT2D eigenvalue weighted by Gasteiger charge is 2.32. The van der Waals surface area contributed by atoms with E-state index in [9.17, 15) is 0 Å². The summed E-state index contributed by atoms with van der Waals surface area (Å²) in [4.78, 5) is 0. The Balaban J connectivity index is 1.64. The minimum absolute atomic E-state index is 0.0499. The zero-order valence-electron chi connectivity index (χ0n) is 19.1. The van der Waals surface area contributed by atoms with Gasteiger partial charge >= 0.3 is 0 Å². The first-order valence-electron chi connectivity index (χ1n) is 10.8. The molecule has 5 heteroatoms. The van der Waals surface area contributed by atoms with Gasteiger partial charge in [-0.05, 0) is 60.6 Å². The average molecular weight is 435 g/mol. The monoisotopic (exact) mass is 434 g/mol. The molecule has 0 amide bonds. The topological polar surface area (TPSA) is 46.2 Å². The SMILES string of the molecule is COc1ccc(CCC2CC(c3ccc(OC)cc3)Oc3cc(OC)cc(OC)c32)cc1. The van der Waals surface area contributed by atoms with E-state index in [4.69, 9.17) is 23.7 Å². The fourth-order valence-electron chi connectivity index (χ4n) is 4.36. The molecule has 5 nitrogen and oxygen atoms in total. The fourth-order valence-corrected chi connectivity index (χ4v) is 4.36. The molecule has 3 aromatic rings. The van der Waals surface area contributed by atoms with Gasteiger partial charge in [0, 0.05) is 17.7 Å². The van der Waals surface area contributed by atoms with Crippen LogP contribution in [0.15, 0.2) is 60.7 Å². The molecule has 0 saturated carbocycles. The molecule has 0 aliphatic carbocycles. The van der Waals surface area contributed by atoms with Crippen LogP contribution in [0.25, 0.3) is 0 Å². The van der Waals surface area contributed by atoms with Crippen LogP contribution in [0.4, 0.5) is 0 Å². The highest BCUT2D eigenvalue weighted by atomic mass is 16.5. The van der Waals surface area contributed by atoms with Crippen LogP contribution in [-0.2, 0) is 6.42 Å². The molecule has 3 aromatic carbocycles. The number of hydrogen-bond donors (Lipinski definition) is 0. The van der Waals surface area contributed by atoms with Crippen molar-refractivity contribution < 1.29 is 23.7 Å². The fraction of sp³-hybridized carbons (Fsp3) is 0.333. The summed E-state index contributed by atoms with van der Waals surface area (Å²) >= 11 is 0. The second-order valence-electron chi connectivity index (χ2n) is 7.94. The summed E-state index contributed by atoms with van der Waals surface area (Å²) in [6.07, 6.45) is 2.76. The van der Waals surface area contributed by atoms with Gasteiger partial charge in [-0.2, -0.15) is 0 Å². The Labute approximate surface area is 189 Å². The Kier molecular flexibility index (Phi) is 6.74. The number of rotatable bonds is 8. The lowest BCUT2D eigenvalue weighted by atomic mass is 9.83. The van der Waals surface area contributed by atoms with E-state index in [0.29, 0.717) is 0 Å². The van der Waals surface area contributed by atoms with Crippen LogP contribution in [0.3, 0.4) is 0 Å². The molecule has 2 atom stereocenters. The van der Waals surface area contributed by atoms with Gasteiger partial charge in [0.2, 0.25) is 0 Å². The summed E-state index contributed by atoms with van der Waals surface area (Å²) in [5.74, 6) is 4.36. The van der Waals surface area contributed by atoms with Crippen LogP contribution < -0.4 is 23.7 Å². The zero-order chi connectivity index (χ0) is 22.5. The first-order chi connectivity index (χ1) is 15.6. The van der Waals surface area contributed by atoms with E-state index in [0.717, 1.165) is 59.1 Å². The van der Waals surface area contributed by atoms with Crippen molar-refractivity contribution in [3.05, 3.63) is 77.4 Å². The van der Waals surface area contributed by atoms with Gasteiger partial charge in [0.05, 0.1) is 28.4 Å². The molecular weight excluding hydrogens is 404 g/mol. The Morgan fingerprint density at radius 1 is 0.750 bits per heavy atom. The van der Waals surface area contributed by atoms with Gasteiger partial charge < -0.3 is 23.7 Å². The highest BCUT2D eigenvalue weighted by Crippen LogP contribution is 2.49. The number of hydrogen-bond acceptors (Lipinski definition) is 5. The Hall–Kier alpha value is -3.34. The third-order valence-electron chi connectivity index (χ3n) is 6.14. The molecule has 0 saturated heterocycles. The van der Waals surface area contributed by atoms with Crippen molar-refractivity contribution in [2.75, 3.05) is 28.4 Å². The number of aryl methyl sites for hydroxylation is 1. The van der Waals surface area contributed by atoms with E-state index in [2.05, 4.69) is 24.3 Å². The van der Waals surface area contributed by atoms with E-state index in [1.807, 2.05) is 36.4 Å². The molecule has 0 N–H and O–H groups in total. The molecule has 32 heavy (non-hydrogen) atoms. The molecule has 4 rings (SSSR count). The predicted molar refractivity (Wildman–Crippen MR) is 125 cm³/mol. The molecule has 1 aliphatic rings. The third kappa shape index (κ3) is 4.62. The smallest absolute Gasteiger partial charge is 0.131 e. The summed E-state index contributed by atoms with van der Waals surface area (Å²) in [6, 6.07) is 20.3. The van der Waals surface area contributed by atoms with Gasteiger partial charge in [0.15, 0.2) is 0 Å². The molecule has 0 radical (unpaired) electrons. The normalized spacial score (nSPS) is 17.1. The second kappa shape index (κ2) is 9.86. The maximum Gasteiger partial charge on any atom is 0.131 e. The van der Waals surface area contributed by atoms with Crippen LogP contribution in [0.2, 0.25) is 0 Å². The summed E-state index contributed by atoms with van der Waals surface area (Å²) in [6.45, 7) is 0. The summed E-state index contributed by atoms with van der Waals surface area (Å²) in [5, 5.41) is 0. The van der Waals surface area contributed by atoms with Crippen molar-refractivity contribution in [2.24, 2.45) is 0 Å². The van der Waals surface area contributed by atoms with E-state index >= 15 is 0 Å². The number of ether oxygens (including phenoxy) is 5. The first-order valence-corrected chi connectivity index (χ1v) is 10.8. The van der Waals surface area contributed by atoms with E-state index in [1.54, 1.807) is 28.4 Å². The summed E-state index contributed by atoms with van der Waals surface area (Å²) in [5.41, 5.74) is 3.53. The molecule has 168 valence electrons. The maximum atomic E-state index is 6.47. The van der Waals surface area contributed by atoms with Crippen molar-refractivity contribution in [1.82, 2.24) is 0 Å². The van der Waals surface area contributed by atoms with Gasteiger partial charge in [0.1, 0.15) is 34.9 Å². The summed E-state index contributed by atoms with van der Waals surface area (Å²) in [7, 11) is 6.72. The van der Waals surface area contributed by atoms with Gasteiger partial charge in [-0.1, -0.05) is 24.3 Å².